The van der Waals surface area contributed by atoms with Crippen LogP contribution >= 0.6 is 0 Å². The highest BCUT2D eigenvalue weighted by atomic mass is 16.2. The fraction of sp³-hybridized carbons (Fsp3) is 0.263. The summed E-state index contributed by atoms with van der Waals surface area (Å²) in [7, 11) is 0. The lowest BCUT2D eigenvalue weighted by Gasteiger charge is -2.18. The van der Waals surface area contributed by atoms with Gasteiger partial charge in [0.05, 0.1) is 11.3 Å². The van der Waals surface area contributed by atoms with Gasteiger partial charge in [0.1, 0.15) is 0 Å². The largest absolute Gasteiger partial charge is 0.326 e. The van der Waals surface area contributed by atoms with Gasteiger partial charge in [0.2, 0.25) is 5.91 Å². The number of pyridine rings is 1. The molecule has 0 radical (unpaired) electrons. The van der Waals surface area contributed by atoms with Crippen LogP contribution in [0.3, 0.4) is 0 Å². The first-order valence-corrected chi connectivity index (χ1v) is 7.94. The number of hydrazone groups is 1. The SMILES string of the molecule is C/C(=N/NC(=O)c1cccnc1)c1cccc(NC(=O)C(C)(C)C)c1. The maximum atomic E-state index is 12.1. The topological polar surface area (TPSA) is 83.4 Å². The summed E-state index contributed by atoms with van der Waals surface area (Å²) in [5.41, 5.74) is 4.58. The van der Waals surface area contributed by atoms with E-state index in [1.54, 1.807) is 25.3 Å². The summed E-state index contributed by atoms with van der Waals surface area (Å²) in [6.45, 7) is 7.35. The van der Waals surface area contributed by atoms with E-state index in [2.05, 4.69) is 20.8 Å². The minimum Gasteiger partial charge on any atom is -0.326 e. The molecule has 130 valence electrons. The molecular weight excluding hydrogens is 316 g/mol. The quantitative estimate of drug-likeness (QED) is 0.663. The molecule has 0 aliphatic carbocycles. The average molecular weight is 338 g/mol. The Morgan fingerprint density at radius 1 is 1.08 bits per heavy atom. The van der Waals surface area contributed by atoms with Gasteiger partial charge in [0, 0.05) is 23.5 Å². The molecule has 6 heteroatoms. The first kappa shape index (κ1) is 18.3. The molecule has 1 aromatic heterocycles. The van der Waals surface area contributed by atoms with E-state index in [-0.39, 0.29) is 11.8 Å². The number of carbonyl (C=O) groups excluding carboxylic acids is 2. The number of amides is 2. The number of rotatable bonds is 4. The van der Waals surface area contributed by atoms with E-state index in [0.29, 0.717) is 17.0 Å². The molecule has 0 saturated carbocycles. The monoisotopic (exact) mass is 338 g/mol. The molecule has 0 atom stereocenters. The summed E-state index contributed by atoms with van der Waals surface area (Å²) in [5.74, 6) is -0.395. The molecule has 0 unspecified atom stereocenters. The van der Waals surface area contributed by atoms with E-state index in [9.17, 15) is 9.59 Å². The Bertz CT molecular complexity index is 793. The zero-order valence-corrected chi connectivity index (χ0v) is 14.8. The number of aromatic nitrogens is 1. The minimum absolute atomic E-state index is 0.0656. The average Bonchev–Trinajstić information content (AvgIpc) is 2.59. The van der Waals surface area contributed by atoms with Crippen molar-refractivity contribution in [2.75, 3.05) is 5.32 Å². The van der Waals surface area contributed by atoms with Crippen molar-refractivity contribution in [1.29, 1.82) is 0 Å². The van der Waals surface area contributed by atoms with E-state index in [0.717, 1.165) is 5.56 Å². The van der Waals surface area contributed by atoms with Gasteiger partial charge in [-0.05, 0) is 36.8 Å². The molecule has 2 amide bonds. The van der Waals surface area contributed by atoms with Crippen molar-refractivity contribution in [1.82, 2.24) is 10.4 Å². The Balaban J connectivity index is 2.09. The summed E-state index contributed by atoms with van der Waals surface area (Å²) in [6, 6.07) is 10.7. The Kier molecular flexibility index (Phi) is 5.64. The molecule has 0 aliphatic heterocycles. The lowest BCUT2D eigenvalue weighted by atomic mass is 9.95. The summed E-state index contributed by atoms with van der Waals surface area (Å²) in [5, 5.41) is 6.99. The van der Waals surface area contributed by atoms with Gasteiger partial charge in [-0.2, -0.15) is 5.10 Å². The first-order chi connectivity index (χ1) is 11.8. The number of hydrogen-bond acceptors (Lipinski definition) is 4. The van der Waals surface area contributed by atoms with Crippen LogP contribution in [0.2, 0.25) is 0 Å². The molecule has 0 fully saturated rings. The molecule has 0 bridgehead atoms. The van der Waals surface area contributed by atoms with Crippen molar-refractivity contribution in [3.05, 3.63) is 59.9 Å². The Morgan fingerprint density at radius 3 is 2.44 bits per heavy atom. The van der Waals surface area contributed by atoms with Crippen LogP contribution in [0.4, 0.5) is 5.69 Å². The first-order valence-electron chi connectivity index (χ1n) is 7.94. The molecule has 2 rings (SSSR count). The van der Waals surface area contributed by atoms with Crippen molar-refractivity contribution in [2.24, 2.45) is 10.5 Å². The molecule has 1 aromatic carbocycles. The maximum Gasteiger partial charge on any atom is 0.272 e. The number of benzene rings is 1. The van der Waals surface area contributed by atoms with E-state index in [1.807, 2.05) is 45.0 Å². The molecule has 0 aliphatic rings. The lowest BCUT2D eigenvalue weighted by molar-refractivity contribution is -0.123. The van der Waals surface area contributed by atoms with Crippen LogP contribution in [0.5, 0.6) is 0 Å². The number of hydrogen-bond donors (Lipinski definition) is 2. The summed E-state index contributed by atoms with van der Waals surface area (Å²) in [6.07, 6.45) is 3.07. The third-order valence-electron chi connectivity index (χ3n) is 3.47. The maximum absolute atomic E-state index is 12.1. The van der Waals surface area contributed by atoms with E-state index in [4.69, 9.17) is 0 Å². The van der Waals surface area contributed by atoms with Gasteiger partial charge >= 0.3 is 0 Å². The number of nitrogens with zero attached hydrogens (tertiary/aromatic N) is 2. The van der Waals surface area contributed by atoms with Gasteiger partial charge in [0.15, 0.2) is 0 Å². The van der Waals surface area contributed by atoms with Crippen molar-refractivity contribution in [3.63, 3.8) is 0 Å². The van der Waals surface area contributed by atoms with Gasteiger partial charge in [0.25, 0.3) is 5.91 Å². The van der Waals surface area contributed by atoms with Crippen LogP contribution in [0, 0.1) is 5.41 Å². The zero-order valence-electron chi connectivity index (χ0n) is 14.8. The molecule has 25 heavy (non-hydrogen) atoms. The van der Waals surface area contributed by atoms with Gasteiger partial charge in [-0.3, -0.25) is 14.6 Å². The van der Waals surface area contributed by atoms with Gasteiger partial charge in [-0.15, -0.1) is 0 Å². The molecule has 0 spiro atoms. The predicted molar refractivity (Wildman–Crippen MR) is 98.4 cm³/mol. The highest BCUT2D eigenvalue weighted by Crippen LogP contribution is 2.18. The van der Waals surface area contributed by atoms with Crippen LogP contribution < -0.4 is 10.7 Å². The summed E-state index contributed by atoms with van der Waals surface area (Å²) >= 11 is 0. The second-order valence-electron chi connectivity index (χ2n) is 6.66. The molecule has 1 heterocycles. The smallest absolute Gasteiger partial charge is 0.272 e. The van der Waals surface area contributed by atoms with Gasteiger partial charge < -0.3 is 5.32 Å². The number of nitrogens with one attached hydrogen (secondary N) is 2. The Labute approximate surface area is 147 Å². The molecule has 2 N–H and O–H groups in total. The highest BCUT2D eigenvalue weighted by Gasteiger charge is 2.21. The van der Waals surface area contributed by atoms with Gasteiger partial charge in [-0.1, -0.05) is 32.9 Å². The predicted octanol–water partition coefficient (Wildman–Crippen LogP) is 3.22. The fourth-order valence-corrected chi connectivity index (χ4v) is 1.90. The van der Waals surface area contributed by atoms with Gasteiger partial charge in [-0.25, -0.2) is 5.43 Å². The van der Waals surface area contributed by atoms with Crippen molar-refractivity contribution in [3.8, 4) is 0 Å². The highest BCUT2D eigenvalue weighted by molar-refractivity contribution is 6.02. The lowest BCUT2D eigenvalue weighted by Crippen LogP contribution is -2.27. The molecule has 6 nitrogen and oxygen atoms in total. The zero-order chi connectivity index (χ0) is 18.4. The normalized spacial score (nSPS) is 11.8. The third-order valence-corrected chi connectivity index (χ3v) is 3.47. The Hall–Kier alpha value is -3.02. The van der Waals surface area contributed by atoms with Crippen LogP contribution in [-0.2, 0) is 4.79 Å². The second-order valence-corrected chi connectivity index (χ2v) is 6.66. The van der Waals surface area contributed by atoms with Crippen LogP contribution in [0.15, 0.2) is 53.9 Å². The van der Waals surface area contributed by atoms with Crippen molar-refractivity contribution < 1.29 is 9.59 Å². The van der Waals surface area contributed by atoms with E-state index < -0.39 is 5.41 Å². The summed E-state index contributed by atoms with van der Waals surface area (Å²) < 4.78 is 0. The van der Waals surface area contributed by atoms with Crippen LogP contribution in [0.1, 0.15) is 43.6 Å². The Morgan fingerprint density at radius 2 is 1.80 bits per heavy atom. The molecular formula is C19H22N4O2. The standard InChI is InChI=1S/C19H22N4O2/c1-13(22-23-17(24)15-8-6-10-20-12-15)14-7-5-9-16(11-14)21-18(25)19(2,3)4/h5-12H,1-4H3,(H,21,25)(H,23,24)/b22-13-. The fourth-order valence-electron chi connectivity index (χ4n) is 1.90. The number of carbonyl (C=O) groups is 2. The second kappa shape index (κ2) is 7.70. The third kappa shape index (κ3) is 5.24. The number of anilines is 1. The van der Waals surface area contributed by atoms with Crippen LogP contribution in [-0.4, -0.2) is 22.5 Å². The molecule has 0 saturated heterocycles. The van der Waals surface area contributed by atoms with Crippen molar-refractivity contribution in [2.45, 2.75) is 27.7 Å². The van der Waals surface area contributed by atoms with E-state index in [1.165, 1.54) is 6.20 Å². The minimum atomic E-state index is -0.475. The van der Waals surface area contributed by atoms with E-state index >= 15 is 0 Å². The molecule has 2 aromatic rings. The van der Waals surface area contributed by atoms with Crippen LogP contribution in [0.25, 0.3) is 0 Å². The van der Waals surface area contributed by atoms with Crippen molar-refractivity contribution >= 4 is 23.2 Å². The summed E-state index contributed by atoms with van der Waals surface area (Å²) in [4.78, 5) is 28.0.